The molecule has 4 nitrogen and oxygen atoms in total. The number of nitriles is 1. The van der Waals surface area contributed by atoms with Crippen LogP contribution in [0.5, 0.6) is 5.75 Å². The Balaban J connectivity index is 2.79. The number of rotatable bonds is 3. The predicted octanol–water partition coefficient (Wildman–Crippen LogP) is 3.84. The molecule has 0 radical (unpaired) electrons. The van der Waals surface area contributed by atoms with Crippen LogP contribution in [0.1, 0.15) is 23.7 Å². The van der Waals surface area contributed by atoms with E-state index in [0.29, 0.717) is 5.56 Å². The molecule has 0 unspecified atom stereocenters. The Labute approximate surface area is 132 Å². The van der Waals surface area contributed by atoms with Crippen molar-refractivity contribution in [3.05, 3.63) is 39.5 Å². The summed E-state index contributed by atoms with van der Waals surface area (Å²) in [6.07, 6.45) is 0.784. The Bertz CT molecular complexity index is 735. The number of halogens is 1. The van der Waals surface area contributed by atoms with Crippen molar-refractivity contribution in [2.24, 2.45) is 0 Å². The molecule has 0 atom stereocenters. The van der Waals surface area contributed by atoms with Gasteiger partial charge in [-0.05, 0) is 52.5 Å². The number of ether oxygens (including phenoxy) is 1. The summed E-state index contributed by atoms with van der Waals surface area (Å²) in [5.74, 6) is 1.02. The minimum Gasteiger partial charge on any atom is -0.496 e. The number of benzene rings is 1. The van der Waals surface area contributed by atoms with E-state index in [4.69, 9.17) is 10.5 Å². The molecule has 21 heavy (non-hydrogen) atoms. The number of methoxy groups -OCH3 is 1. The third-order valence-electron chi connectivity index (χ3n) is 3.44. The molecule has 0 saturated carbocycles. The molecule has 0 aliphatic rings. The molecule has 0 saturated heterocycles. The molecule has 0 fully saturated rings. The summed E-state index contributed by atoms with van der Waals surface area (Å²) in [4.78, 5) is 4.28. The van der Waals surface area contributed by atoms with Crippen molar-refractivity contribution < 1.29 is 4.74 Å². The summed E-state index contributed by atoms with van der Waals surface area (Å²) in [5.41, 5.74) is 10.0. The summed E-state index contributed by atoms with van der Waals surface area (Å²) < 4.78 is 6.08. The van der Waals surface area contributed by atoms with Crippen molar-refractivity contribution in [2.75, 3.05) is 12.8 Å². The Morgan fingerprint density at radius 3 is 2.67 bits per heavy atom. The van der Waals surface area contributed by atoms with Gasteiger partial charge >= 0.3 is 0 Å². The van der Waals surface area contributed by atoms with E-state index < -0.39 is 0 Å². The van der Waals surface area contributed by atoms with E-state index in [1.165, 1.54) is 0 Å². The van der Waals surface area contributed by atoms with Gasteiger partial charge in [-0.2, -0.15) is 5.26 Å². The van der Waals surface area contributed by atoms with E-state index in [1.807, 2.05) is 32.0 Å². The standard InChI is InChI=1S/C16H16BrN3O/c1-4-11-9(2)20-16(19)12(8-18)15(11)10-5-6-14(21-3)13(17)7-10/h5-7H,4H2,1-3H3,(H2,19,20). The quantitative estimate of drug-likeness (QED) is 0.916. The first-order valence-electron chi connectivity index (χ1n) is 6.56. The van der Waals surface area contributed by atoms with Crippen LogP contribution in [0.3, 0.4) is 0 Å². The highest BCUT2D eigenvalue weighted by atomic mass is 79.9. The summed E-state index contributed by atoms with van der Waals surface area (Å²) in [7, 11) is 1.62. The van der Waals surface area contributed by atoms with Crippen molar-refractivity contribution in [3.63, 3.8) is 0 Å². The van der Waals surface area contributed by atoms with Crippen LogP contribution >= 0.6 is 15.9 Å². The van der Waals surface area contributed by atoms with Gasteiger partial charge in [0.15, 0.2) is 0 Å². The Kier molecular flexibility index (Phi) is 4.49. The fourth-order valence-corrected chi connectivity index (χ4v) is 2.99. The zero-order valence-corrected chi connectivity index (χ0v) is 13.8. The molecular formula is C16H16BrN3O. The van der Waals surface area contributed by atoms with Gasteiger partial charge in [0, 0.05) is 11.3 Å². The van der Waals surface area contributed by atoms with Crippen LogP contribution in [0.4, 0.5) is 5.82 Å². The second-order valence-corrected chi connectivity index (χ2v) is 5.48. The summed E-state index contributed by atoms with van der Waals surface area (Å²) in [6.45, 7) is 3.96. The first-order valence-corrected chi connectivity index (χ1v) is 7.35. The molecule has 0 aliphatic heterocycles. The molecule has 5 heteroatoms. The SMILES string of the molecule is CCc1c(C)nc(N)c(C#N)c1-c1ccc(OC)c(Br)c1. The lowest BCUT2D eigenvalue weighted by molar-refractivity contribution is 0.412. The fourth-order valence-electron chi connectivity index (χ4n) is 2.45. The van der Waals surface area contributed by atoms with Gasteiger partial charge in [0.25, 0.3) is 0 Å². The van der Waals surface area contributed by atoms with Gasteiger partial charge in [-0.15, -0.1) is 0 Å². The number of hydrogen-bond donors (Lipinski definition) is 1. The molecule has 108 valence electrons. The molecule has 1 aromatic heterocycles. The third-order valence-corrected chi connectivity index (χ3v) is 4.06. The number of aromatic nitrogens is 1. The highest BCUT2D eigenvalue weighted by Gasteiger charge is 2.17. The average Bonchev–Trinajstić information content (AvgIpc) is 2.46. The zero-order valence-electron chi connectivity index (χ0n) is 12.2. The van der Waals surface area contributed by atoms with Crippen molar-refractivity contribution in [1.82, 2.24) is 4.98 Å². The van der Waals surface area contributed by atoms with Crippen LogP contribution in [0.2, 0.25) is 0 Å². The maximum atomic E-state index is 9.44. The highest BCUT2D eigenvalue weighted by Crippen LogP contribution is 2.36. The van der Waals surface area contributed by atoms with Gasteiger partial charge in [-0.25, -0.2) is 4.98 Å². The van der Waals surface area contributed by atoms with E-state index in [-0.39, 0.29) is 5.82 Å². The molecule has 2 rings (SSSR count). The predicted molar refractivity (Wildman–Crippen MR) is 87.2 cm³/mol. The van der Waals surface area contributed by atoms with Crippen molar-refractivity contribution in [2.45, 2.75) is 20.3 Å². The Morgan fingerprint density at radius 2 is 2.14 bits per heavy atom. The summed E-state index contributed by atoms with van der Waals surface area (Å²) in [6, 6.07) is 7.91. The number of hydrogen-bond acceptors (Lipinski definition) is 4. The second-order valence-electron chi connectivity index (χ2n) is 4.63. The van der Waals surface area contributed by atoms with Gasteiger partial charge in [0.05, 0.1) is 11.6 Å². The third kappa shape index (κ3) is 2.72. The topological polar surface area (TPSA) is 71.9 Å². The van der Waals surface area contributed by atoms with Gasteiger partial charge in [0.2, 0.25) is 0 Å². The number of pyridine rings is 1. The molecule has 0 aliphatic carbocycles. The van der Waals surface area contributed by atoms with Crippen LogP contribution in [0.15, 0.2) is 22.7 Å². The minimum absolute atomic E-state index is 0.272. The maximum Gasteiger partial charge on any atom is 0.142 e. The van der Waals surface area contributed by atoms with E-state index in [0.717, 1.165) is 39.0 Å². The van der Waals surface area contributed by atoms with Gasteiger partial charge in [-0.3, -0.25) is 0 Å². The minimum atomic E-state index is 0.272. The normalized spacial score (nSPS) is 10.2. The lowest BCUT2D eigenvalue weighted by Gasteiger charge is -2.15. The second kappa shape index (κ2) is 6.15. The first kappa shape index (κ1) is 15.3. The van der Waals surface area contributed by atoms with Crippen LogP contribution in [-0.2, 0) is 6.42 Å². The molecule has 0 amide bonds. The molecule has 1 heterocycles. The zero-order chi connectivity index (χ0) is 15.6. The fraction of sp³-hybridized carbons (Fsp3) is 0.250. The molecule has 2 N–H and O–H groups in total. The van der Waals surface area contributed by atoms with E-state index in [2.05, 4.69) is 27.0 Å². The monoisotopic (exact) mass is 345 g/mol. The van der Waals surface area contributed by atoms with E-state index >= 15 is 0 Å². The molecule has 1 aromatic carbocycles. The molecular weight excluding hydrogens is 330 g/mol. The summed E-state index contributed by atoms with van der Waals surface area (Å²) >= 11 is 3.48. The van der Waals surface area contributed by atoms with Crippen molar-refractivity contribution in [3.8, 4) is 22.9 Å². The smallest absolute Gasteiger partial charge is 0.142 e. The van der Waals surface area contributed by atoms with E-state index in [9.17, 15) is 5.26 Å². The molecule has 0 bridgehead atoms. The van der Waals surface area contributed by atoms with Crippen molar-refractivity contribution in [1.29, 1.82) is 5.26 Å². The van der Waals surface area contributed by atoms with Crippen LogP contribution in [0.25, 0.3) is 11.1 Å². The Hall–Kier alpha value is -2.06. The average molecular weight is 346 g/mol. The lowest BCUT2D eigenvalue weighted by atomic mass is 9.93. The lowest BCUT2D eigenvalue weighted by Crippen LogP contribution is -2.05. The number of nitrogens with zero attached hydrogens (tertiary/aromatic N) is 2. The van der Waals surface area contributed by atoms with Gasteiger partial charge in [-0.1, -0.05) is 13.0 Å². The number of anilines is 1. The molecule has 2 aromatic rings. The first-order chi connectivity index (χ1) is 10.0. The largest absolute Gasteiger partial charge is 0.496 e. The van der Waals surface area contributed by atoms with Crippen LogP contribution in [0, 0.1) is 18.3 Å². The van der Waals surface area contributed by atoms with E-state index in [1.54, 1.807) is 7.11 Å². The summed E-state index contributed by atoms with van der Waals surface area (Å²) in [5, 5.41) is 9.44. The van der Waals surface area contributed by atoms with Crippen molar-refractivity contribution >= 4 is 21.7 Å². The maximum absolute atomic E-state index is 9.44. The van der Waals surface area contributed by atoms with Crippen LogP contribution < -0.4 is 10.5 Å². The van der Waals surface area contributed by atoms with Gasteiger partial charge in [0.1, 0.15) is 23.2 Å². The van der Waals surface area contributed by atoms with Crippen LogP contribution in [-0.4, -0.2) is 12.1 Å². The highest BCUT2D eigenvalue weighted by molar-refractivity contribution is 9.10. The molecule has 0 spiro atoms. The number of aryl methyl sites for hydroxylation is 1. The Morgan fingerprint density at radius 1 is 1.43 bits per heavy atom. The number of nitrogens with two attached hydrogens (primary N) is 1. The van der Waals surface area contributed by atoms with Gasteiger partial charge < -0.3 is 10.5 Å². The number of nitrogen functional groups attached to an aromatic ring is 1.